The van der Waals surface area contributed by atoms with Crippen LogP contribution in [0.25, 0.3) is 11.0 Å². The number of carbonyl (C=O) groups excluding carboxylic acids is 1. The lowest BCUT2D eigenvalue weighted by molar-refractivity contribution is 0.101. The van der Waals surface area contributed by atoms with E-state index >= 15 is 0 Å². The van der Waals surface area contributed by atoms with Gasteiger partial charge in [-0.05, 0) is 18.6 Å². The summed E-state index contributed by atoms with van der Waals surface area (Å²) in [6.45, 7) is 2.93. The molecule has 3 rings (SSSR count). The van der Waals surface area contributed by atoms with Gasteiger partial charge in [-0.3, -0.25) is 4.79 Å². The highest BCUT2D eigenvalue weighted by atomic mass is 16.5. The smallest absolute Gasteiger partial charge is 0.228 e. The second-order valence-corrected chi connectivity index (χ2v) is 7.66. The summed E-state index contributed by atoms with van der Waals surface area (Å²) >= 11 is 0. The third kappa shape index (κ3) is 6.22. The molecule has 0 saturated heterocycles. The summed E-state index contributed by atoms with van der Waals surface area (Å²) < 4.78 is 11.9. The van der Waals surface area contributed by atoms with Crippen molar-refractivity contribution in [3.05, 3.63) is 65.9 Å². The molecule has 3 aromatic rings. The van der Waals surface area contributed by atoms with Gasteiger partial charge in [-0.15, -0.1) is 0 Å². The van der Waals surface area contributed by atoms with E-state index in [2.05, 4.69) is 6.92 Å². The molecule has 0 aliphatic rings. The Hall–Kier alpha value is -2.55. The lowest BCUT2D eigenvalue weighted by Crippen LogP contribution is -1.98. The van der Waals surface area contributed by atoms with Crippen molar-refractivity contribution in [3.63, 3.8) is 0 Å². The number of rotatable bonds is 13. The number of furan rings is 1. The Kier molecular flexibility index (Phi) is 8.36. The Morgan fingerprint density at radius 1 is 0.828 bits per heavy atom. The molecule has 0 bridgehead atoms. The molecule has 0 fully saturated rings. The molecule has 0 spiro atoms. The van der Waals surface area contributed by atoms with E-state index in [1.165, 1.54) is 51.4 Å². The number of ether oxygens (including phenoxy) is 1. The number of benzene rings is 2. The maximum Gasteiger partial charge on any atom is 0.228 e. The number of para-hydroxylation sites is 1. The zero-order chi connectivity index (χ0) is 20.3. The van der Waals surface area contributed by atoms with E-state index in [1.54, 1.807) is 18.2 Å². The molecule has 0 unspecified atom stereocenters. The summed E-state index contributed by atoms with van der Waals surface area (Å²) in [5.74, 6) is 0.964. The molecule has 1 heterocycles. The van der Waals surface area contributed by atoms with E-state index in [-0.39, 0.29) is 5.78 Å². The lowest BCUT2D eigenvalue weighted by Gasteiger charge is -2.06. The van der Waals surface area contributed by atoms with Crippen LogP contribution in [0.2, 0.25) is 0 Å². The SMILES string of the molecule is CCCCCCCCCCCOc1cccc2cc(C(=O)c3ccccc3)oc12. The molecule has 29 heavy (non-hydrogen) atoms. The quantitative estimate of drug-likeness (QED) is 0.222. The molecule has 154 valence electrons. The minimum atomic E-state index is -0.105. The predicted octanol–water partition coefficient (Wildman–Crippen LogP) is 7.57. The van der Waals surface area contributed by atoms with Gasteiger partial charge in [-0.25, -0.2) is 0 Å². The second kappa shape index (κ2) is 11.5. The van der Waals surface area contributed by atoms with Crippen molar-refractivity contribution in [2.24, 2.45) is 0 Å². The fraction of sp³-hybridized carbons (Fsp3) is 0.423. The highest BCUT2D eigenvalue weighted by Crippen LogP contribution is 2.30. The van der Waals surface area contributed by atoms with Crippen molar-refractivity contribution in [2.75, 3.05) is 6.61 Å². The van der Waals surface area contributed by atoms with Crippen LogP contribution in [0.3, 0.4) is 0 Å². The van der Waals surface area contributed by atoms with Crippen LogP contribution in [0.5, 0.6) is 5.75 Å². The number of unbranched alkanes of at least 4 members (excludes halogenated alkanes) is 8. The highest BCUT2D eigenvalue weighted by Gasteiger charge is 2.16. The molecular formula is C26H32O3. The molecule has 1 aromatic heterocycles. The first-order chi connectivity index (χ1) is 14.3. The number of hydrogen-bond acceptors (Lipinski definition) is 3. The molecular weight excluding hydrogens is 360 g/mol. The number of fused-ring (bicyclic) bond motifs is 1. The number of ketones is 1. The van der Waals surface area contributed by atoms with Crippen LogP contribution in [0, 0.1) is 0 Å². The monoisotopic (exact) mass is 392 g/mol. The molecule has 2 aromatic carbocycles. The van der Waals surface area contributed by atoms with Crippen molar-refractivity contribution < 1.29 is 13.9 Å². The summed E-state index contributed by atoms with van der Waals surface area (Å²) in [5, 5.41) is 0.897. The third-order valence-corrected chi connectivity index (χ3v) is 5.27. The summed E-state index contributed by atoms with van der Waals surface area (Å²) in [6.07, 6.45) is 11.6. The van der Waals surface area contributed by atoms with Crippen molar-refractivity contribution in [1.82, 2.24) is 0 Å². The van der Waals surface area contributed by atoms with Gasteiger partial charge in [0.05, 0.1) is 6.61 Å². The molecule has 3 nitrogen and oxygen atoms in total. The molecule has 0 atom stereocenters. The molecule has 0 N–H and O–H groups in total. The van der Waals surface area contributed by atoms with Gasteiger partial charge in [0.25, 0.3) is 0 Å². The van der Waals surface area contributed by atoms with Crippen LogP contribution in [-0.4, -0.2) is 12.4 Å². The van der Waals surface area contributed by atoms with Crippen molar-refractivity contribution in [2.45, 2.75) is 64.7 Å². The molecule has 0 saturated carbocycles. The zero-order valence-corrected chi connectivity index (χ0v) is 17.5. The van der Waals surface area contributed by atoms with Gasteiger partial charge in [0.1, 0.15) is 0 Å². The maximum atomic E-state index is 12.6. The standard InChI is InChI=1S/C26H32O3/c1-2-3-4-5-6-7-8-9-13-19-28-23-18-14-17-22-20-24(29-26(22)23)25(27)21-15-11-10-12-16-21/h10-12,14-18,20H,2-9,13,19H2,1H3. The molecule has 0 amide bonds. The van der Waals surface area contributed by atoms with Crippen LogP contribution < -0.4 is 4.74 Å². The molecule has 0 aliphatic carbocycles. The van der Waals surface area contributed by atoms with Crippen LogP contribution in [0.15, 0.2) is 59.0 Å². The summed E-state index contributed by atoms with van der Waals surface area (Å²) in [4.78, 5) is 12.6. The first-order valence-corrected chi connectivity index (χ1v) is 11.0. The molecule has 3 heteroatoms. The average molecular weight is 393 g/mol. The topological polar surface area (TPSA) is 39.4 Å². The Morgan fingerprint density at radius 2 is 1.52 bits per heavy atom. The lowest BCUT2D eigenvalue weighted by atomic mass is 10.1. The van der Waals surface area contributed by atoms with Gasteiger partial charge in [-0.1, -0.05) is 101 Å². The summed E-state index contributed by atoms with van der Waals surface area (Å²) in [5.41, 5.74) is 1.28. The van der Waals surface area contributed by atoms with Gasteiger partial charge in [-0.2, -0.15) is 0 Å². The number of hydrogen-bond donors (Lipinski definition) is 0. The summed E-state index contributed by atoms with van der Waals surface area (Å²) in [7, 11) is 0. The molecule has 0 radical (unpaired) electrons. The van der Waals surface area contributed by atoms with E-state index in [9.17, 15) is 4.79 Å². The fourth-order valence-electron chi connectivity index (χ4n) is 3.59. The Morgan fingerprint density at radius 3 is 2.24 bits per heavy atom. The van der Waals surface area contributed by atoms with Crippen LogP contribution >= 0.6 is 0 Å². The van der Waals surface area contributed by atoms with Crippen molar-refractivity contribution in [1.29, 1.82) is 0 Å². The predicted molar refractivity (Wildman–Crippen MR) is 119 cm³/mol. The summed E-state index contributed by atoms with van der Waals surface area (Å²) in [6, 6.07) is 16.8. The van der Waals surface area contributed by atoms with E-state index in [4.69, 9.17) is 9.15 Å². The Bertz CT molecular complexity index is 879. The van der Waals surface area contributed by atoms with Gasteiger partial charge < -0.3 is 9.15 Å². The van der Waals surface area contributed by atoms with Gasteiger partial charge in [0.15, 0.2) is 17.1 Å². The minimum absolute atomic E-state index is 0.105. The maximum absolute atomic E-state index is 12.6. The zero-order valence-electron chi connectivity index (χ0n) is 17.5. The second-order valence-electron chi connectivity index (χ2n) is 7.66. The number of carbonyl (C=O) groups is 1. The highest BCUT2D eigenvalue weighted by molar-refractivity contribution is 6.09. The van der Waals surface area contributed by atoms with E-state index in [1.807, 2.05) is 36.4 Å². The fourth-order valence-corrected chi connectivity index (χ4v) is 3.59. The van der Waals surface area contributed by atoms with Crippen LogP contribution in [0.1, 0.15) is 80.8 Å². The Balaban J connectivity index is 1.48. The largest absolute Gasteiger partial charge is 0.490 e. The van der Waals surface area contributed by atoms with Crippen molar-refractivity contribution >= 4 is 16.8 Å². The normalized spacial score (nSPS) is 11.1. The first kappa shape index (κ1) is 21.2. The van der Waals surface area contributed by atoms with E-state index in [0.717, 1.165) is 11.8 Å². The first-order valence-electron chi connectivity index (χ1n) is 11.0. The Labute approximate surface area is 174 Å². The minimum Gasteiger partial charge on any atom is -0.490 e. The van der Waals surface area contributed by atoms with E-state index < -0.39 is 0 Å². The third-order valence-electron chi connectivity index (χ3n) is 5.27. The molecule has 0 aliphatic heterocycles. The van der Waals surface area contributed by atoms with Gasteiger partial charge >= 0.3 is 0 Å². The van der Waals surface area contributed by atoms with E-state index in [0.29, 0.717) is 29.3 Å². The van der Waals surface area contributed by atoms with Gasteiger partial charge in [0.2, 0.25) is 5.78 Å². The average Bonchev–Trinajstić information content (AvgIpc) is 3.20. The van der Waals surface area contributed by atoms with Gasteiger partial charge in [0, 0.05) is 10.9 Å². The van der Waals surface area contributed by atoms with Crippen molar-refractivity contribution in [3.8, 4) is 5.75 Å². The van der Waals surface area contributed by atoms with Crippen LogP contribution in [0.4, 0.5) is 0 Å². The van der Waals surface area contributed by atoms with Crippen LogP contribution in [-0.2, 0) is 0 Å².